The molecule has 2 fully saturated rings. The van der Waals surface area contributed by atoms with Crippen LogP contribution in [0.15, 0.2) is 58.6 Å². The van der Waals surface area contributed by atoms with E-state index >= 15 is 0 Å². The number of carbonyl (C=O) groups excluding carboxylic acids is 2. The summed E-state index contributed by atoms with van der Waals surface area (Å²) in [4.78, 5) is 37.1. The van der Waals surface area contributed by atoms with E-state index in [2.05, 4.69) is 30.0 Å². The first kappa shape index (κ1) is 60.4. The number of hydrogen-bond acceptors (Lipinski definition) is 16. The molecule has 0 radical (unpaired) electrons. The van der Waals surface area contributed by atoms with E-state index in [0.29, 0.717) is 42.4 Å². The lowest BCUT2D eigenvalue weighted by atomic mass is 9.86. The topological polar surface area (TPSA) is 243 Å². The van der Waals surface area contributed by atoms with Crippen molar-refractivity contribution in [1.82, 2.24) is 34.9 Å². The van der Waals surface area contributed by atoms with Crippen molar-refractivity contribution in [2.24, 2.45) is 5.73 Å². The summed E-state index contributed by atoms with van der Waals surface area (Å²) in [5.74, 6) is 1.50. The van der Waals surface area contributed by atoms with Gasteiger partial charge in [-0.25, -0.2) is 45.8 Å². The Bertz CT molecular complexity index is 2680. The van der Waals surface area contributed by atoms with Crippen molar-refractivity contribution in [1.29, 1.82) is 0 Å². The Labute approximate surface area is 447 Å². The number of rotatable bonds is 19. The Kier molecular flexibility index (Phi) is 21.7. The van der Waals surface area contributed by atoms with Crippen molar-refractivity contribution in [2.45, 2.75) is 178 Å². The van der Waals surface area contributed by atoms with Crippen LogP contribution in [-0.2, 0) is 29.5 Å². The smallest absolute Gasteiger partial charge is 0.407 e. The molecule has 0 bridgehead atoms. The summed E-state index contributed by atoms with van der Waals surface area (Å²) in [6, 6.07) is 10.5. The first-order chi connectivity index (χ1) is 34.6. The van der Waals surface area contributed by atoms with E-state index in [0.717, 1.165) is 77.7 Å². The second-order valence-electron chi connectivity index (χ2n) is 21.7. The number of sulfonamides is 2. The van der Waals surface area contributed by atoms with Crippen LogP contribution in [0.25, 0.3) is 20.9 Å². The van der Waals surface area contributed by atoms with Gasteiger partial charge in [0.2, 0.25) is 20.0 Å². The van der Waals surface area contributed by atoms with E-state index in [-0.39, 0.29) is 58.1 Å². The number of thiazole rings is 2. The van der Waals surface area contributed by atoms with Crippen molar-refractivity contribution in [2.75, 3.05) is 40.4 Å². The SMILES string of the molecule is CC(C)OC(=O)NC1CCC(c2ncc(-c3ccc(OCCN(C)C)cc3S(=O)(=O)NC(C)(C)C)s2)CC1.CC(C)OC(=O)NC1CCC(c2ncc(-c3ccc(OCCN)cc3S(=O)(=O)NC(C)(C)C)s2)CC1. The van der Waals surface area contributed by atoms with Crippen LogP contribution in [-0.4, -0.2) is 120 Å². The van der Waals surface area contributed by atoms with Crippen molar-refractivity contribution in [3.05, 3.63) is 58.8 Å². The number of nitrogens with zero attached hydrogens (tertiary/aromatic N) is 3. The molecule has 4 aromatic rings. The summed E-state index contributed by atoms with van der Waals surface area (Å²) in [5, 5.41) is 7.86. The van der Waals surface area contributed by atoms with Gasteiger partial charge < -0.3 is 40.2 Å². The molecule has 0 atom stereocenters. The number of carbonyl (C=O) groups is 2. The van der Waals surface area contributed by atoms with Crippen molar-refractivity contribution in [3.8, 4) is 32.4 Å². The average molecular weight is 1110 g/mol. The van der Waals surface area contributed by atoms with Crippen molar-refractivity contribution >= 4 is 54.9 Å². The zero-order valence-electron chi connectivity index (χ0n) is 45.2. The molecule has 18 nitrogen and oxygen atoms in total. The van der Waals surface area contributed by atoms with Crippen molar-refractivity contribution in [3.63, 3.8) is 0 Å². The summed E-state index contributed by atoms with van der Waals surface area (Å²) in [5.41, 5.74) is 5.46. The number of aromatic nitrogens is 2. The highest BCUT2D eigenvalue weighted by molar-refractivity contribution is 7.90. The molecular formula is C52H80N8O10S4. The minimum Gasteiger partial charge on any atom is -0.492 e. The van der Waals surface area contributed by atoms with E-state index in [4.69, 9.17) is 24.7 Å². The Morgan fingerprint density at radius 2 is 1.03 bits per heavy atom. The highest BCUT2D eigenvalue weighted by Gasteiger charge is 2.32. The molecule has 2 aromatic carbocycles. The van der Waals surface area contributed by atoms with Gasteiger partial charge in [-0.15, -0.1) is 22.7 Å². The van der Waals surface area contributed by atoms with E-state index in [1.165, 1.54) is 22.7 Å². The lowest BCUT2D eigenvalue weighted by molar-refractivity contribution is 0.108. The van der Waals surface area contributed by atoms with Gasteiger partial charge in [0.25, 0.3) is 0 Å². The van der Waals surface area contributed by atoms with Crippen LogP contribution in [0.1, 0.15) is 142 Å². The summed E-state index contributed by atoms with van der Waals surface area (Å²) in [7, 11) is -3.72. The number of ether oxygens (including phenoxy) is 4. The molecule has 0 spiro atoms. The van der Waals surface area contributed by atoms with Gasteiger partial charge in [-0.3, -0.25) is 0 Å². The predicted molar refractivity (Wildman–Crippen MR) is 293 cm³/mol. The van der Waals surface area contributed by atoms with E-state index in [1.54, 1.807) is 63.5 Å². The number of benzene rings is 2. The maximum Gasteiger partial charge on any atom is 0.407 e. The number of nitrogens with one attached hydrogen (secondary N) is 4. The molecule has 2 aliphatic carbocycles. The molecule has 0 unspecified atom stereocenters. The largest absolute Gasteiger partial charge is 0.492 e. The van der Waals surface area contributed by atoms with Crippen LogP contribution in [0.3, 0.4) is 0 Å². The van der Waals surface area contributed by atoms with E-state index in [9.17, 15) is 26.4 Å². The quantitative estimate of drug-likeness (QED) is 0.0588. The molecule has 2 heterocycles. The molecule has 2 aliphatic rings. The van der Waals surface area contributed by atoms with Gasteiger partial charge >= 0.3 is 12.2 Å². The predicted octanol–water partition coefficient (Wildman–Crippen LogP) is 9.37. The number of hydrogen-bond donors (Lipinski definition) is 5. The van der Waals surface area contributed by atoms with Crippen LogP contribution >= 0.6 is 22.7 Å². The van der Waals surface area contributed by atoms with Crippen LogP contribution < -0.4 is 35.3 Å². The van der Waals surface area contributed by atoms with Crippen molar-refractivity contribution < 1.29 is 45.4 Å². The molecule has 2 amide bonds. The van der Waals surface area contributed by atoms with E-state index < -0.39 is 31.1 Å². The minimum absolute atomic E-state index is 0.0909. The normalized spacial score (nSPS) is 18.6. The Balaban J connectivity index is 0.000000274. The van der Waals surface area contributed by atoms with Gasteiger partial charge in [0.05, 0.1) is 41.8 Å². The second-order valence-corrected chi connectivity index (χ2v) is 27.2. The third-order valence-corrected chi connectivity index (χ3v) is 17.6. The molecule has 22 heteroatoms. The Hall–Kier alpha value is -4.42. The Morgan fingerprint density at radius 3 is 1.36 bits per heavy atom. The number of amides is 2. The number of likely N-dealkylation sites (N-methyl/N-ethyl adjacent to an activating group) is 1. The summed E-state index contributed by atoms with van der Waals surface area (Å²) >= 11 is 3.04. The molecule has 74 heavy (non-hydrogen) atoms. The summed E-state index contributed by atoms with van der Waals surface area (Å²) in [6.07, 6.45) is 9.43. The van der Waals surface area contributed by atoms with Gasteiger partial charge in [0, 0.05) is 83.7 Å². The average Bonchev–Trinajstić information content (AvgIpc) is 3.98. The van der Waals surface area contributed by atoms with Crippen LogP contribution in [0, 0.1) is 0 Å². The standard InChI is InChI=1S/C27H42N4O5S2.C25H38N4O5S2/c1-18(2)36-26(32)29-20-10-8-19(9-11-20)25-28-17-23(37-25)22-13-12-21(35-15-14-31(6)7)16-24(22)38(33,34)30-27(3,4)5;1-16(2)34-24(30)28-18-8-6-17(7-9-18)23-27-15-21(35-23)20-11-10-19(33-13-12-26)14-22(20)36(31,32)29-25(3,4)5/h12-13,16-20,30H,8-11,14-15H2,1-7H3,(H,29,32);10-11,14-18,29H,6-9,12-13,26H2,1-5H3,(H,28,30). The van der Waals surface area contributed by atoms with Crippen LogP contribution in [0.5, 0.6) is 11.5 Å². The zero-order chi connectivity index (χ0) is 54.6. The fourth-order valence-corrected chi connectivity index (χ4v) is 14.2. The fourth-order valence-electron chi connectivity index (χ4n) is 8.48. The highest BCUT2D eigenvalue weighted by Crippen LogP contribution is 2.42. The second kappa shape index (κ2) is 26.6. The van der Waals surface area contributed by atoms with Gasteiger partial charge in [-0.2, -0.15) is 0 Å². The van der Waals surface area contributed by atoms with Crippen LogP contribution in [0.2, 0.25) is 0 Å². The first-order valence-corrected chi connectivity index (χ1v) is 30.0. The third kappa shape index (κ3) is 19.0. The maximum absolute atomic E-state index is 13.4. The minimum atomic E-state index is -3.82. The zero-order valence-corrected chi connectivity index (χ0v) is 48.5. The lowest BCUT2D eigenvalue weighted by Crippen LogP contribution is -2.40. The lowest BCUT2D eigenvalue weighted by Gasteiger charge is -2.28. The third-order valence-electron chi connectivity index (χ3n) is 11.6. The monoisotopic (exact) mass is 1100 g/mol. The molecule has 412 valence electrons. The molecule has 6 rings (SSSR count). The van der Waals surface area contributed by atoms with Gasteiger partial charge in [-0.1, -0.05) is 0 Å². The molecule has 0 aliphatic heterocycles. The highest BCUT2D eigenvalue weighted by atomic mass is 32.2. The molecule has 2 saturated carbocycles. The fraction of sp³-hybridized carbons (Fsp3) is 0.615. The van der Waals surface area contributed by atoms with Gasteiger partial charge in [-0.05, 0) is 159 Å². The number of alkyl carbamates (subject to hydrolysis) is 2. The summed E-state index contributed by atoms with van der Waals surface area (Å²) < 4.78 is 80.9. The maximum atomic E-state index is 13.4. The molecular weight excluding hydrogens is 1020 g/mol. The Morgan fingerprint density at radius 1 is 0.649 bits per heavy atom. The first-order valence-electron chi connectivity index (χ1n) is 25.4. The summed E-state index contributed by atoms with van der Waals surface area (Å²) in [6.45, 7) is 20.0. The van der Waals surface area contributed by atoms with Crippen LogP contribution in [0.4, 0.5) is 9.59 Å². The molecule has 0 saturated heterocycles. The van der Waals surface area contributed by atoms with E-state index in [1.807, 2.05) is 73.5 Å². The number of nitrogens with two attached hydrogens (primary N) is 1. The molecule has 6 N–H and O–H groups in total. The van der Waals surface area contributed by atoms with Gasteiger partial charge in [0.1, 0.15) is 24.7 Å². The van der Waals surface area contributed by atoms with Gasteiger partial charge in [0.15, 0.2) is 0 Å². The molecule has 2 aromatic heterocycles.